The molecule has 1 heterocycles. The van der Waals surface area contributed by atoms with Crippen molar-refractivity contribution in [1.29, 1.82) is 0 Å². The minimum Gasteiger partial charge on any atom is -0.394 e. The highest BCUT2D eigenvalue weighted by Gasteiger charge is 2.14. The number of nitrogens with two attached hydrogens (primary N) is 1. The van der Waals surface area contributed by atoms with Gasteiger partial charge in [0.1, 0.15) is 5.56 Å². The molecule has 0 saturated carbocycles. The molecule has 82 valence electrons. The molecule has 1 amide bonds. The molecule has 1 aromatic heterocycles. The van der Waals surface area contributed by atoms with Gasteiger partial charge in [-0.1, -0.05) is 6.92 Å². The van der Waals surface area contributed by atoms with Crippen LogP contribution in [0.25, 0.3) is 0 Å². The highest BCUT2D eigenvalue weighted by molar-refractivity contribution is 5.92. The lowest BCUT2D eigenvalue weighted by Crippen LogP contribution is -2.34. The van der Waals surface area contributed by atoms with Crippen molar-refractivity contribution in [2.24, 2.45) is 5.73 Å². The number of hydrogen-bond acceptors (Lipinski definition) is 4. The largest absolute Gasteiger partial charge is 0.394 e. The van der Waals surface area contributed by atoms with E-state index in [1.807, 2.05) is 6.92 Å². The first kappa shape index (κ1) is 11.4. The summed E-state index contributed by atoms with van der Waals surface area (Å²) in [5.74, 6) is -0.788. The SMILES string of the molecule is CC[C@@H](CO)n1nccc(C(N)=O)c1=O. The van der Waals surface area contributed by atoms with Crippen molar-refractivity contribution in [2.45, 2.75) is 19.4 Å². The first-order valence-electron chi connectivity index (χ1n) is 4.60. The molecule has 0 fully saturated rings. The van der Waals surface area contributed by atoms with E-state index in [0.717, 1.165) is 4.68 Å². The Morgan fingerprint density at radius 1 is 1.73 bits per heavy atom. The minimum absolute atomic E-state index is 0.114. The van der Waals surface area contributed by atoms with Gasteiger partial charge < -0.3 is 10.8 Å². The van der Waals surface area contributed by atoms with E-state index in [1.165, 1.54) is 12.3 Å². The number of rotatable bonds is 4. The van der Waals surface area contributed by atoms with Crippen LogP contribution in [0.15, 0.2) is 17.1 Å². The predicted octanol–water partition coefficient (Wildman–Crippen LogP) is -0.714. The molecule has 3 N–H and O–H groups in total. The molecule has 0 aliphatic carbocycles. The lowest BCUT2D eigenvalue weighted by atomic mass is 10.2. The molecule has 0 unspecified atom stereocenters. The van der Waals surface area contributed by atoms with Crippen molar-refractivity contribution >= 4 is 5.91 Å². The van der Waals surface area contributed by atoms with Crippen LogP contribution < -0.4 is 11.3 Å². The summed E-state index contributed by atoms with van der Waals surface area (Å²) in [6.07, 6.45) is 1.87. The first-order chi connectivity index (χ1) is 7.11. The number of carbonyl (C=O) groups excluding carboxylic acids is 1. The second-order valence-corrected chi connectivity index (χ2v) is 3.10. The minimum atomic E-state index is -0.788. The lowest BCUT2D eigenvalue weighted by molar-refractivity contribution is 0.0996. The van der Waals surface area contributed by atoms with Gasteiger partial charge in [-0.25, -0.2) is 4.68 Å². The number of aliphatic hydroxyl groups is 1. The molecule has 6 nitrogen and oxygen atoms in total. The molecule has 0 aromatic carbocycles. The fourth-order valence-corrected chi connectivity index (χ4v) is 1.25. The smallest absolute Gasteiger partial charge is 0.279 e. The van der Waals surface area contributed by atoms with Crippen LogP contribution in [0, 0.1) is 0 Å². The summed E-state index contributed by atoms with van der Waals surface area (Å²) in [4.78, 5) is 22.5. The summed E-state index contributed by atoms with van der Waals surface area (Å²) in [5, 5.41) is 12.8. The standard InChI is InChI=1S/C9H13N3O3/c1-2-6(5-13)12-9(15)7(8(10)14)3-4-11-12/h3-4,6,13H,2,5H2,1H3,(H2,10,14)/t6-/m0/s1. The van der Waals surface area contributed by atoms with Gasteiger partial charge in [0.15, 0.2) is 0 Å². The second-order valence-electron chi connectivity index (χ2n) is 3.10. The fourth-order valence-electron chi connectivity index (χ4n) is 1.25. The Bertz CT molecular complexity index is 409. The molecule has 0 aliphatic rings. The summed E-state index contributed by atoms with van der Waals surface area (Å²) in [6.45, 7) is 1.61. The molecule has 1 aromatic rings. The molecule has 15 heavy (non-hydrogen) atoms. The molecular formula is C9H13N3O3. The van der Waals surface area contributed by atoms with E-state index in [0.29, 0.717) is 6.42 Å². The van der Waals surface area contributed by atoms with Gasteiger partial charge in [-0.05, 0) is 12.5 Å². The van der Waals surface area contributed by atoms with Crippen LogP contribution in [0.1, 0.15) is 29.7 Å². The number of nitrogens with zero attached hydrogens (tertiary/aromatic N) is 2. The van der Waals surface area contributed by atoms with Gasteiger partial charge in [-0.3, -0.25) is 9.59 Å². The molecule has 1 rings (SSSR count). The Balaban J connectivity index is 3.26. The summed E-state index contributed by atoms with van der Waals surface area (Å²) in [5.41, 5.74) is 4.35. The monoisotopic (exact) mass is 211 g/mol. The van der Waals surface area contributed by atoms with E-state index in [4.69, 9.17) is 10.8 Å². The molecule has 0 bridgehead atoms. The van der Waals surface area contributed by atoms with Crippen LogP contribution in [0.5, 0.6) is 0 Å². The fraction of sp³-hybridized carbons (Fsp3) is 0.444. The normalized spacial score (nSPS) is 12.4. The van der Waals surface area contributed by atoms with Gasteiger partial charge in [0.05, 0.1) is 12.6 Å². The maximum absolute atomic E-state index is 11.7. The Hall–Kier alpha value is -1.69. The van der Waals surface area contributed by atoms with Crippen molar-refractivity contribution in [3.05, 3.63) is 28.2 Å². The Kier molecular flexibility index (Phi) is 3.56. The third kappa shape index (κ3) is 2.21. The van der Waals surface area contributed by atoms with E-state index < -0.39 is 17.5 Å². The second kappa shape index (κ2) is 4.70. The van der Waals surface area contributed by atoms with Crippen molar-refractivity contribution < 1.29 is 9.90 Å². The van der Waals surface area contributed by atoms with Crippen LogP contribution in [0.3, 0.4) is 0 Å². The Morgan fingerprint density at radius 2 is 2.40 bits per heavy atom. The van der Waals surface area contributed by atoms with E-state index in [9.17, 15) is 9.59 Å². The number of aromatic nitrogens is 2. The van der Waals surface area contributed by atoms with Gasteiger partial charge in [0.2, 0.25) is 0 Å². The third-order valence-corrected chi connectivity index (χ3v) is 2.16. The van der Waals surface area contributed by atoms with Gasteiger partial charge in [-0.15, -0.1) is 0 Å². The number of carbonyl (C=O) groups is 1. The molecule has 0 saturated heterocycles. The van der Waals surface area contributed by atoms with Crippen LogP contribution in [0.4, 0.5) is 0 Å². The zero-order valence-electron chi connectivity index (χ0n) is 8.38. The van der Waals surface area contributed by atoms with Crippen LogP contribution in [-0.2, 0) is 0 Å². The zero-order chi connectivity index (χ0) is 11.4. The van der Waals surface area contributed by atoms with Crippen molar-refractivity contribution in [3.63, 3.8) is 0 Å². The highest BCUT2D eigenvalue weighted by Crippen LogP contribution is 2.05. The lowest BCUT2D eigenvalue weighted by Gasteiger charge is -2.13. The average molecular weight is 211 g/mol. The maximum Gasteiger partial charge on any atom is 0.279 e. The topological polar surface area (TPSA) is 98.2 Å². The van der Waals surface area contributed by atoms with Crippen molar-refractivity contribution in [3.8, 4) is 0 Å². The number of aliphatic hydroxyl groups excluding tert-OH is 1. The summed E-state index contributed by atoms with van der Waals surface area (Å²) >= 11 is 0. The maximum atomic E-state index is 11.7. The molecule has 0 radical (unpaired) electrons. The summed E-state index contributed by atoms with van der Waals surface area (Å²) in [7, 11) is 0. The number of amides is 1. The number of hydrogen-bond donors (Lipinski definition) is 2. The Labute approximate surface area is 86.3 Å². The molecule has 0 aliphatic heterocycles. The Morgan fingerprint density at radius 3 is 2.87 bits per heavy atom. The van der Waals surface area contributed by atoms with Gasteiger partial charge >= 0.3 is 0 Å². The average Bonchev–Trinajstić information content (AvgIpc) is 2.21. The van der Waals surface area contributed by atoms with E-state index >= 15 is 0 Å². The summed E-state index contributed by atoms with van der Waals surface area (Å²) in [6, 6.07) is 0.849. The molecule has 6 heteroatoms. The van der Waals surface area contributed by atoms with Gasteiger partial charge in [-0.2, -0.15) is 5.10 Å². The van der Waals surface area contributed by atoms with E-state index in [2.05, 4.69) is 5.10 Å². The van der Waals surface area contributed by atoms with Crippen LogP contribution in [-0.4, -0.2) is 27.4 Å². The van der Waals surface area contributed by atoms with Crippen LogP contribution in [0.2, 0.25) is 0 Å². The van der Waals surface area contributed by atoms with E-state index in [1.54, 1.807) is 0 Å². The number of primary amides is 1. The highest BCUT2D eigenvalue weighted by atomic mass is 16.3. The van der Waals surface area contributed by atoms with Gasteiger partial charge in [0.25, 0.3) is 11.5 Å². The molecular weight excluding hydrogens is 198 g/mol. The van der Waals surface area contributed by atoms with Crippen molar-refractivity contribution in [1.82, 2.24) is 9.78 Å². The van der Waals surface area contributed by atoms with Crippen LogP contribution >= 0.6 is 0 Å². The molecule has 1 atom stereocenters. The zero-order valence-corrected chi connectivity index (χ0v) is 8.38. The predicted molar refractivity (Wildman–Crippen MR) is 53.4 cm³/mol. The quantitative estimate of drug-likeness (QED) is 0.687. The summed E-state index contributed by atoms with van der Waals surface area (Å²) < 4.78 is 1.08. The third-order valence-electron chi connectivity index (χ3n) is 2.16. The van der Waals surface area contributed by atoms with Gasteiger partial charge in [0, 0.05) is 6.20 Å². The first-order valence-corrected chi connectivity index (χ1v) is 4.60. The van der Waals surface area contributed by atoms with E-state index in [-0.39, 0.29) is 12.2 Å². The molecule has 0 spiro atoms. The van der Waals surface area contributed by atoms with Crippen molar-refractivity contribution in [2.75, 3.05) is 6.61 Å².